The van der Waals surface area contributed by atoms with E-state index in [1.54, 1.807) is 4.68 Å². The zero-order valence-electron chi connectivity index (χ0n) is 9.88. The molecule has 0 atom stereocenters. The SMILES string of the molecule is NCc1cc(F)c(Sc2nnnn2C2CC2)c(F)c1. The second kappa shape index (κ2) is 4.86. The van der Waals surface area contributed by atoms with Crippen LogP contribution in [0.5, 0.6) is 0 Å². The molecule has 2 aromatic rings. The molecule has 0 spiro atoms. The molecule has 0 aliphatic heterocycles. The Morgan fingerprint density at radius 2 is 2.00 bits per heavy atom. The van der Waals surface area contributed by atoms with Gasteiger partial charge in [0.15, 0.2) is 0 Å². The predicted molar refractivity (Wildman–Crippen MR) is 64.5 cm³/mol. The van der Waals surface area contributed by atoms with Crippen LogP contribution in [0.2, 0.25) is 0 Å². The summed E-state index contributed by atoms with van der Waals surface area (Å²) in [7, 11) is 0. The summed E-state index contributed by atoms with van der Waals surface area (Å²) in [6, 6.07) is 2.72. The van der Waals surface area contributed by atoms with E-state index in [9.17, 15) is 8.78 Å². The Kier molecular flexibility index (Phi) is 3.19. The van der Waals surface area contributed by atoms with Crippen molar-refractivity contribution in [1.82, 2.24) is 20.2 Å². The Balaban J connectivity index is 1.92. The lowest BCUT2D eigenvalue weighted by Gasteiger charge is -2.06. The zero-order chi connectivity index (χ0) is 13.4. The third-order valence-electron chi connectivity index (χ3n) is 2.84. The highest BCUT2D eigenvalue weighted by Gasteiger charge is 2.29. The average molecular weight is 283 g/mol. The van der Waals surface area contributed by atoms with Crippen LogP contribution in [0, 0.1) is 11.6 Å². The fraction of sp³-hybridized carbons (Fsp3) is 0.364. The van der Waals surface area contributed by atoms with E-state index in [4.69, 9.17) is 5.73 Å². The third-order valence-corrected chi connectivity index (χ3v) is 3.89. The molecule has 0 amide bonds. The number of aromatic nitrogens is 4. The highest BCUT2D eigenvalue weighted by atomic mass is 32.2. The predicted octanol–water partition coefficient (Wildman–Crippen LogP) is 1.90. The maximum absolute atomic E-state index is 13.8. The lowest BCUT2D eigenvalue weighted by atomic mass is 10.2. The second-order valence-corrected chi connectivity index (χ2v) is 5.31. The van der Waals surface area contributed by atoms with Crippen LogP contribution >= 0.6 is 11.8 Å². The van der Waals surface area contributed by atoms with Crippen molar-refractivity contribution in [2.24, 2.45) is 5.73 Å². The van der Waals surface area contributed by atoms with Crippen molar-refractivity contribution in [2.75, 3.05) is 0 Å². The Morgan fingerprint density at radius 1 is 1.32 bits per heavy atom. The minimum Gasteiger partial charge on any atom is -0.326 e. The number of rotatable bonds is 4. The molecular weight excluding hydrogens is 272 g/mol. The van der Waals surface area contributed by atoms with Crippen molar-refractivity contribution in [3.05, 3.63) is 29.3 Å². The van der Waals surface area contributed by atoms with E-state index >= 15 is 0 Å². The molecule has 1 aromatic heterocycles. The fourth-order valence-electron chi connectivity index (χ4n) is 1.72. The lowest BCUT2D eigenvalue weighted by molar-refractivity contribution is 0.533. The molecule has 3 rings (SSSR count). The molecule has 1 aromatic carbocycles. The van der Waals surface area contributed by atoms with Gasteiger partial charge in [0.25, 0.3) is 0 Å². The number of hydrogen-bond acceptors (Lipinski definition) is 5. The van der Waals surface area contributed by atoms with E-state index in [1.807, 2.05) is 0 Å². The van der Waals surface area contributed by atoms with Crippen molar-refractivity contribution in [2.45, 2.75) is 35.5 Å². The van der Waals surface area contributed by atoms with Crippen LogP contribution in [-0.4, -0.2) is 20.2 Å². The zero-order valence-corrected chi connectivity index (χ0v) is 10.7. The van der Waals surface area contributed by atoms with Crippen molar-refractivity contribution in [3.63, 3.8) is 0 Å². The maximum Gasteiger partial charge on any atom is 0.214 e. The van der Waals surface area contributed by atoms with Gasteiger partial charge in [0.05, 0.1) is 10.9 Å². The molecule has 1 fully saturated rings. The summed E-state index contributed by atoms with van der Waals surface area (Å²) >= 11 is 0.898. The van der Waals surface area contributed by atoms with Crippen molar-refractivity contribution < 1.29 is 8.78 Å². The van der Waals surface area contributed by atoms with Gasteiger partial charge in [-0.2, -0.15) is 0 Å². The lowest BCUT2D eigenvalue weighted by Crippen LogP contribution is -2.02. The first-order chi connectivity index (χ1) is 9.19. The monoisotopic (exact) mass is 283 g/mol. The Bertz CT molecular complexity index is 588. The maximum atomic E-state index is 13.8. The van der Waals surface area contributed by atoms with E-state index in [-0.39, 0.29) is 17.5 Å². The molecule has 19 heavy (non-hydrogen) atoms. The molecule has 100 valence electrons. The molecule has 1 heterocycles. The second-order valence-electron chi connectivity index (χ2n) is 4.33. The number of nitrogens with two attached hydrogens (primary N) is 1. The van der Waals surface area contributed by atoms with Crippen molar-refractivity contribution >= 4 is 11.8 Å². The summed E-state index contributed by atoms with van der Waals surface area (Å²) in [6.07, 6.45) is 1.99. The summed E-state index contributed by atoms with van der Waals surface area (Å²) < 4.78 is 29.3. The van der Waals surface area contributed by atoms with Crippen LogP contribution in [0.25, 0.3) is 0 Å². The van der Waals surface area contributed by atoms with Gasteiger partial charge in [-0.25, -0.2) is 13.5 Å². The molecule has 1 aliphatic carbocycles. The summed E-state index contributed by atoms with van der Waals surface area (Å²) in [4.78, 5) is -0.103. The van der Waals surface area contributed by atoms with E-state index in [2.05, 4.69) is 15.5 Å². The van der Waals surface area contributed by atoms with Crippen molar-refractivity contribution in [1.29, 1.82) is 0 Å². The molecule has 5 nitrogen and oxygen atoms in total. The van der Waals surface area contributed by atoms with Crippen LogP contribution in [0.4, 0.5) is 8.78 Å². The van der Waals surface area contributed by atoms with E-state index in [1.165, 1.54) is 12.1 Å². The first-order valence-electron chi connectivity index (χ1n) is 5.82. The summed E-state index contributed by atoms with van der Waals surface area (Å²) in [5.41, 5.74) is 5.79. The van der Waals surface area contributed by atoms with Crippen LogP contribution < -0.4 is 5.73 Å². The van der Waals surface area contributed by atoms with Gasteiger partial charge in [0, 0.05) is 6.54 Å². The topological polar surface area (TPSA) is 69.6 Å². The van der Waals surface area contributed by atoms with Gasteiger partial charge in [-0.1, -0.05) is 0 Å². The van der Waals surface area contributed by atoms with Gasteiger partial charge in [-0.05, 0) is 52.7 Å². The molecule has 0 unspecified atom stereocenters. The van der Waals surface area contributed by atoms with Gasteiger partial charge < -0.3 is 5.73 Å². The van der Waals surface area contributed by atoms with Gasteiger partial charge in [0.1, 0.15) is 11.6 Å². The van der Waals surface area contributed by atoms with Crippen LogP contribution in [0.3, 0.4) is 0 Å². The number of benzene rings is 1. The Hall–Kier alpha value is -1.54. The quantitative estimate of drug-likeness (QED) is 0.928. The van der Waals surface area contributed by atoms with Gasteiger partial charge in [-0.3, -0.25) is 0 Å². The summed E-state index contributed by atoms with van der Waals surface area (Å²) in [5, 5.41) is 11.6. The van der Waals surface area contributed by atoms with E-state index in [0.29, 0.717) is 10.7 Å². The molecule has 0 bridgehead atoms. The first-order valence-corrected chi connectivity index (χ1v) is 6.64. The minimum absolute atomic E-state index is 0.0958. The van der Waals surface area contributed by atoms with Crippen LogP contribution in [0.1, 0.15) is 24.4 Å². The van der Waals surface area contributed by atoms with Crippen LogP contribution in [-0.2, 0) is 6.54 Å². The van der Waals surface area contributed by atoms with E-state index < -0.39 is 11.6 Å². The number of hydrogen-bond donors (Lipinski definition) is 1. The smallest absolute Gasteiger partial charge is 0.214 e. The Morgan fingerprint density at radius 3 is 2.58 bits per heavy atom. The molecule has 0 radical (unpaired) electrons. The standard InChI is InChI=1S/C11H11F2N5S/c12-8-3-6(5-14)4-9(13)10(8)19-11-15-16-17-18(11)7-1-2-7/h3-4,7H,1-2,5,14H2. The summed E-state index contributed by atoms with van der Waals surface area (Å²) in [6.45, 7) is 0.0958. The highest BCUT2D eigenvalue weighted by Crippen LogP contribution is 2.39. The Labute approximate surface area is 112 Å². The van der Waals surface area contributed by atoms with Crippen molar-refractivity contribution in [3.8, 4) is 0 Å². The van der Waals surface area contributed by atoms with Gasteiger partial charge in [-0.15, -0.1) is 5.10 Å². The molecule has 2 N–H and O–H groups in total. The number of tetrazole rings is 1. The van der Waals surface area contributed by atoms with Gasteiger partial charge >= 0.3 is 0 Å². The summed E-state index contributed by atoms with van der Waals surface area (Å²) in [5.74, 6) is -1.29. The molecule has 8 heteroatoms. The number of halogens is 2. The van der Waals surface area contributed by atoms with Gasteiger partial charge in [0.2, 0.25) is 5.16 Å². The average Bonchev–Trinajstić information content (AvgIpc) is 3.13. The third kappa shape index (κ3) is 2.45. The molecule has 1 saturated carbocycles. The van der Waals surface area contributed by atoms with Crippen LogP contribution in [0.15, 0.2) is 22.2 Å². The largest absolute Gasteiger partial charge is 0.326 e. The molecule has 1 aliphatic rings. The minimum atomic E-state index is -0.643. The molecular formula is C11H11F2N5S. The fourth-order valence-corrected chi connectivity index (χ4v) is 2.57. The highest BCUT2D eigenvalue weighted by molar-refractivity contribution is 7.99. The first kappa shape index (κ1) is 12.5. The normalized spacial score (nSPS) is 14.9. The molecule has 0 saturated heterocycles. The van der Waals surface area contributed by atoms with E-state index in [0.717, 1.165) is 24.6 Å². The number of nitrogens with zero attached hydrogens (tertiary/aromatic N) is 4.